The number of hydrogen-bond acceptors (Lipinski definition) is 10. The van der Waals surface area contributed by atoms with Gasteiger partial charge in [-0.3, -0.25) is 4.79 Å². The molecule has 40 heavy (non-hydrogen) atoms. The SMILES string of the molecule is O=C(Nc1ccc(Nc2nc(N3CCCCC3)nc(N3CCCCC3)n2)cc1Cl)c1nc2ccccc2nc1O. The zero-order valence-corrected chi connectivity index (χ0v) is 22.7. The van der Waals surface area contributed by atoms with Gasteiger partial charge in [-0.1, -0.05) is 23.7 Å². The van der Waals surface area contributed by atoms with Crippen LogP contribution >= 0.6 is 11.6 Å². The molecule has 0 atom stereocenters. The molecular weight excluding hydrogens is 530 g/mol. The standard InChI is InChI=1S/C28H30ClN9O2/c29-19-17-18(11-12-20(19)32-24(39)23-25(40)33-22-10-4-3-9-21(22)31-23)30-26-34-27(37-13-5-1-6-14-37)36-28(35-26)38-15-7-2-8-16-38/h3-4,9-12,17H,1-2,5-8,13-16H2,(H,32,39)(H,33,40)(H,30,34,35,36). The van der Waals surface area contributed by atoms with Crippen LogP contribution in [-0.4, -0.2) is 62.1 Å². The predicted molar refractivity (Wildman–Crippen MR) is 156 cm³/mol. The highest BCUT2D eigenvalue weighted by atomic mass is 35.5. The summed E-state index contributed by atoms with van der Waals surface area (Å²) in [5.41, 5.74) is 1.84. The van der Waals surface area contributed by atoms with E-state index in [0.29, 0.717) is 45.3 Å². The molecule has 4 heterocycles. The number of nitrogens with zero attached hydrogens (tertiary/aromatic N) is 7. The van der Waals surface area contributed by atoms with E-state index in [0.717, 1.165) is 51.9 Å². The molecule has 2 fully saturated rings. The molecule has 12 heteroatoms. The minimum atomic E-state index is -0.617. The Morgan fingerprint density at radius 3 is 1.98 bits per heavy atom. The molecule has 2 aromatic heterocycles. The number of rotatable bonds is 6. The van der Waals surface area contributed by atoms with Gasteiger partial charge < -0.3 is 25.5 Å². The topological polar surface area (TPSA) is 132 Å². The van der Waals surface area contributed by atoms with E-state index in [2.05, 4.69) is 30.4 Å². The molecule has 6 rings (SSSR count). The van der Waals surface area contributed by atoms with Gasteiger partial charge in [0.15, 0.2) is 5.69 Å². The van der Waals surface area contributed by atoms with Gasteiger partial charge in [-0.15, -0.1) is 0 Å². The van der Waals surface area contributed by atoms with Gasteiger partial charge in [0, 0.05) is 31.9 Å². The quantitative estimate of drug-likeness (QED) is 0.291. The summed E-state index contributed by atoms with van der Waals surface area (Å²) < 4.78 is 0. The van der Waals surface area contributed by atoms with E-state index in [1.165, 1.54) is 12.8 Å². The molecule has 0 bridgehead atoms. The van der Waals surface area contributed by atoms with Crippen LogP contribution in [0.25, 0.3) is 11.0 Å². The minimum Gasteiger partial charge on any atom is -0.492 e. The maximum absolute atomic E-state index is 12.9. The monoisotopic (exact) mass is 559 g/mol. The number of amides is 1. The molecule has 2 aromatic carbocycles. The molecule has 2 saturated heterocycles. The molecule has 11 nitrogen and oxygen atoms in total. The smallest absolute Gasteiger partial charge is 0.279 e. The van der Waals surface area contributed by atoms with Crippen molar-refractivity contribution >= 4 is 57.8 Å². The highest BCUT2D eigenvalue weighted by Gasteiger charge is 2.21. The molecule has 2 aliphatic rings. The Bertz CT molecular complexity index is 1500. The summed E-state index contributed by atoms with van der Waals surface area (Å²) in [7, 11) is 0. The molecule has 0 aliphatic carbocycles. The minimum absolute atomic E-state index is 0.183. The lowest BCUT2D eigenvalue weighted by atomic mass is 10.1. The van der Waals surface area contributed by atoms with Gasteiger partial charge in [0.1, 0.15) is 0 Å². The maximum Gasteiger partial charge on any atom is 0.279 e. The molecule has 0 spiro atoms. The number of halogens is 1. The highest BCUT2D eigenvalue weighted by molar-refractivity contribution is 6.34. The summed E-state index contributed by atoms with van der Waals surface area (Å²) >= 11 is 6.55. The lowest BCUT2D eigenvalue weighted by molar-refractivity contribution is 0.101. The normalized spacial score (nSPS) is 15.7. The Labute approximate surface area is 236 Å². The molecule has 0 saturated carbocycles. The number of aromatic nitrogens is 5. The largest absolute Gasteiger partial charge is 0.492 e. The first-order valence-corrected chi connectivity index (χ1v) is 14.0. The summed E-state index contributed by atoms with van der Waals surface area (Å²) in [5, 5.41) is 16.5. The van der Waals surface area contributed by atoms with Crippen LogP contribution in [0.4, 0.5) is 29.2 Å². The zero-order chi connectivity index (χ0) is 27.5. The lowest BCUT2D eigenvalue weighted by Crippen LogP contribution is -2.34. The van der Waals surface area contributed by atoms with Crippen molar-refractivity contribution in [3.8, 4) is 5.88 Å². The zero-order valence-electron chi connectivity index (χ0n) is 22.0. The van der Waals surface area contributed by atoms with Crippen LogP contribution in [-0.2, 0) is 0 Å². The Morgan fingerprint density at radius 2 is 1.38 bits per heavy atom. The summed E-state index contributed by atoms with van der Waals surface area (Å²) in [4.78, 5) is 40.0. The fraction of sp³-hybridized carbons (Fsp3) is 0.357. The van der Waals surface area contributed by atoms with Crippen molar-refractivity contribution in [3.63, 3.8) is 0 Å². The number of nitrogens with one attached hydrogen (secondary N) is 2. The first kappa shape index (κ1) is 26.0. The van der Waals surface area contributed by atoms with Crippen LogP contribution in [0, 0.1) is 0 Å². The molecule has 0 radical (unpaired) electrons. The number of hydrogen-bond donors (Lipinski definition) is 3. The summed E-state index contributed by atoms with van der Waals surface area (Å²) in [6.07, 6.45) is 6.94. The Hall–Kier alpha value is -4.25. The molecular formula is C28H30ClN9O2. The van der Waals surface area contributed by atoms with Crippen LogP contribution in [0.2, 0.25) is 5.02 Å². The Balaban J connectivity index is 1.22. The van der Waals surface area contributed by atoms with Crippen LogP contribution in [0.15, 0.2) is 42.5 Å². The second kappa shape index (κ2) is 11.5. The van der Waals surface area contributed by atoms with Gasteiger partial charge in [-0.25, -0.2) is 9.97 Å². The van der Waals surface area contributed by atoms with Crippen LogP contribution in [0.1, 0.15) is 49.0 Å². The van der Waals surface area contributed by atoms with E-state index in [1.54, 1.807) is 42.5 Å². The number of aromatic hydroxyl groups is 1. The summed E-state index contributed by atoms with van der Waals surface area (Å²) in [6, 6.07) is 12.1. The van der Waals surface area contributed by atoms with Crippen molar-refractivity contribution in [1.29, 1.82) is 0 Å². The van der Waals surface area contributed by atoms with E-state index >= 15 is 0 Å². The van der Waals surface area contributed by atoms with Gasteiger partial charge in [0.2, 0.25) is 23.7 Å². The van der Waals surface area contributed by atoms with E-state index in [9.17, 15) is 9.90 Å². The molecule has 206 valence electrons. The average Bonchev–Trinajstić information content (AvgIpc) is 2.99. The first-order chi connectivity index (χ1) is 19.5. The van der Waals surface area contributed by atoms with Gasteiger partial charge in [0.05, 0.1) is 21.7 Å². The molecule has 2 aliphatic heterocycles. The van der Waals surface area contributed by atoms with Crippen molar-refractivity contribution in [3.05, 3.63) is 53.2 Å². The number of para-hydroxylation sites is 2. The third kappa shape index (κ3) is 5.69. The number of anilines is 5. The number of fused-ring (bicyclic) bond motifs is 1. The Kier molecular flexibility index (Phi) is 7.45. The van der Waals surface area contributed by atoms with Crippen LogP contribution in [0.3, 0.4) is 0 Å². The fourth-order valence-electron chi connectivity index (χ4n) is 5.03. The molecule has 3 N–H and O–H groups in total. The number of carbonyl (C=O) groups is 1. The summed E-state index contributed by atoms with van der Waals surface area (Å²) in [5.74, 6) is 0.746. The fourth-order valence-corrected chi connectivity index (χ4v) is 5.26. The third-order valence-electron chi connectivity index (χ3n) is 7.13. The number of piperidine rings is 2. The van der Waals surface area contributed by atoms with Crippen molar-refractivity contribution in [2.75, 3.05) is 46.6 Å². The molecule has 1 amide bonds. The van der Waals surface area contributed by atoms with Gasteiger partial charge >= 0.3 is 0 Å². The van der Waals surface area contributed by atoms with Gasteiger partial charge in [0.25, 0.3) is 5.91 Å². The Morgan fingerprint density at radius 1 is 0.775 bits per heavy atom. The second-order valence-corrected chi connectivity index (χ2v) is 10.4. The number of benzene rings is 2. The average molecular weight is 560 g/mol. The van der Waals surface area contributed by atoms with E-state index in [4.69, 9.17) is 26.6 Å². The predicted octanol–water partition coefficient (Wildman–Crippen LogP) is 5.15. The van der Waals surface area contributed by atoms with E-state index in [1.807, 2.05) is 0 Å². The van der Waals surface area contributed by atoms with E-state index < -0.39 is 11.8 Å². The van der Waals surface area contributed by atoms with Crippen LogP contribution in [0.5, 0.6) is 5.88 Å². The number of carbonyl (C=O) groups excluding carboxylic acids is 1. The van der Waals surface area contributed by atoms with Crippen LogP contribution < -0.4 is 20.4 Å². The van der Waals surface area contributed by atoms with Gasteiger partial charge in [-0.2, -0.15) is 15.0 Å². The van der Waals surface area contributed by atoms with Gasteiger partial charge in [-0.05, 0) is 68.9 Å². The third-order valence-corrected chi connectivity index (χ3v) is 7.44. The second-order valence-electron chi connectivity index (χ2n) is 10.0. The van der Waals surface area contributed by atoms with Crippen molar-refractivity contribution in [2.24, 2.45) is 0 Å². The van der Waals surface area contributed by atoms with Crippen molar-refractivity contribution in [2.45, 2.75) is 38.5 Å². The highest BCUT2D eigenvalue weighted by Crippen LogP contribution is 2.29. The maximum atomic E-state index is 12.9. The first-order valence-electron chi connectivity index (χ1n) is 13.6. The molecule has 4 aromatic rings. The van der Waals surface area contributed by atoms with Crippen molar-refractivity contribution in [1.82, 2.24) is 24.9 Å². The lowest BCUT2D eigenvalue weighted by Gasteiger charge is -2.30. The van der Waals surface area contributed by atoms with E-state index in [-0.39, 0.29) is 5.69 Å². The summed E-state index contributed by atoms with van der Waals surface area (Å²) in [6.45, 7) is 3.72. The van der Waals surface area contributed by atoms with Crippen molar-refractivity contribution < 1.29 is 9.90 Å². The molecule has 0 unspecified atom stereocenters.